The molecule has 1 atom stereocenters. The lowest BCUT2D eigenvalue weighted by Gasteiger charge is -2.24. The molecular formula is C17H11ClF3N5. The van der Waals surface area contributed by atoms with E-state index in [1.807, 2.05) is 0 Å². The van der Waals surface area contributed by atoms with Crippen LogP contribution in [0, 0.1) is 0 Å². The Hall–Kier alpha value is -2.87. The Labute approximate surface area is 151 Å². The maximum absolute atomic E-state index is 13.1. The molecule has 0 radical (unpaired) electrons. The predicted molar refractivity (Wildman–Crippen MR) is 90.5 cm³/mol. The van der Waals surface area contributed by atoms with Crippen molar-refractivity contribution >= 4 is 23.2 Å². The molecule has 5 nitrogen and oxygen atoms in total. The second-order valence-electron chi connectivity index (χ2n) is 5.64. The standard InChI is InChI=1S/C17H11ClF3N5/c18-12-3-1-11(2-4-12)14-9-13(10-5-7-22-8-6-10)23-16-24-15(17(19,20)21)25-26(14)16/h1-9,14H,(H,23,24,25). The van der Waals surface area contributed by atoms with Crippen LogP contribution in [0.5, 0.6) is 0 Å². The molecule has 1 N–H and O–H groups in total. The van der Waals surface area contributed by atoms with Crippen molar-refractivity contribution in [3.63, 3.8) is 0 Å². The summed E-state index contributed by atoms with van der Waals surface area (Å²) in [5, 5.41) is 7.11. The van der Waals surface area contributed by atoms with Crippen LogP contribution in [0.2, 0.25) is 5.02 Å². The van der Waals surface area contributed by atoms with Crippen LogP contribution >= 0.6 is 11.6 Å². The van der Waals surface area contributed by atoms with Gasteiger partial charge in [0.1, 0.15) is 6.04 Å². The van der Waals surface area contributed by atoms with Crippen molar-refractivity contribution in [1.29, 1.82) is 0 Å². The zero-order valence-corrected chi connectivity index (χ0v) is 13.8. The molecule has 2 aromatic heterocycles. The summed E-state index contributed by atoms with van der Waals surface area (Å²) in [6.07, 6.45) is 0.374. The Morgan fingerprint density at radius 2 is 1.73 bits per heavy atom. The quantitative estimate of drug-likeness (QED) is 0.719. The Bertz CT molecular complexity index is 964. The summed E-state index contributed by atoms with van der Waals surface area (Å²) in [7, 11) is 0. The van der Waals surface area contributed by atoms with E-state index in [1.165, 1.54) is 4.68 Å². The van der Waals surface area contributed by atoms with Crippen LogP contribution in [0.4, 0.5) is 19.1 Å². The maximum Gasteiger partial charge on any atom is 0.453 e. The van der Waals surface area contributed by atoms with Gasteiger partial charge in [0.2, 0.25) is 5.95 Å². The lowest BCUT2D eigenvalue weighted by Crippen LogP contribution is -2.20. The van der Waals surface area contributed by atoms with Crippen LogP contribution in [0.15, 0.2) is 54.9 Å². The number of aromatic nitrogens is 4. The SMILES string of the molecule is FC(F)(F)c1nc2n(n1)C(c1ccc(Cl)cc1)C=C(c1ccncc1)N2. The highest BCUT2D eigenvalue weighted by molar-refractivity contribution is 6.30. The van der Waals surface area contributed by atoms with Gasteiger partial charge >= 0.3 is 6.18 Å². The fourth-order valence-electron chi connectivity index (χ4n) is 2.71. The van der Waals surface area contributed by atoms with Gasteiger partial charge < -0.3 is 5.32 Å². The van der Waals surface area contributed by atoms with Crippen molar-refractivity contribution in [2.45, 2.75) is 12.2 Å². The number of allylic oxidation sites excluding steroid dienone is 1. The number of hydrogen-bond acceptors (Lipinski definition) is 4. The third-order valence-electron chi connectivity index (χ3n) is 3.92. The molecular weight excluding hydrogens is 367 g/mol. The van der Waals surface area contributed by atoms with Crippen molar-refractivity contribution in [1.82, 2.24) is 19.7 Å². The average Bonchev–Trinajstić information content (AvgIpc) is 3.07. The largest absolute Gasteiger partial charge is 0.453 e. The van der Waals surface area contributed by atoms with Crippen molar-refractivity contribution in [2.75, 3.05) is 5.32 Å². The van der Waals surface area contributed by atoms with E-state index in [9.17, 15) is 13.2 Å². The highest BCUT2D eigenvalue weighted by Gasteiger charge is 2.39. The van der Waals surface area contributed by atoms with Crippen LogP contribution in [0.25, 0.3) is 5.70 Å². The second-order valence-corrected chi connectivity index (χ2v) is 6.08. The van der Waals surface area contributed by atoms with E-state index in [1.54, 1.807) is 54.9 Å². The first-order valence-electron chi connectivity index (χ1n) is 7.60. The van der Waals surface area contributed by atoms with Crippen molar-refractivity contribution in [3.05, 3.63) is 76.8 Å². The van der Waals surface area contributed by atoms with Gasteiger partial charge in [-0.05, 0) is 35.9 Å². The third kappa shape index (κ3) is 3.03. The number of alkyl halides is 3. The lowest BCUT2D eigenvalue weighted by atomic mass is 10.0. The zero-order chi connectivity index (χ0) is 18.3. The van der Waals surface area contributed by atoms with Crippen molar-refractivity contribution in [3.8, 4) is 0 Å². The summed E-state index contributed by atoms with van der Waals surface area (Å²) in [6.45, 7) is 0. The molecule has 1 aliphatic rings. The monoisotopic (exact) mass is 377 g/mol. The van der Waals surface area contributed by atoms with Gasteiger partial charge in [0.05, 0.1) is 0 Å². The summed E-state index contributed by atoms with van der Waals surface area (Å²) in [4.78, 5) is 7.58. The van der Waals surface area contributed by atoms with Crippen LogP contribution in [0.1, 0.15) is 23.0 Å². The van der Waals surface area contributed by atoms with Gasteiger partial charge in [0.15, 0.2) is 0 Å². The molecule has 1 aromatic carbocycles. The molecule has 0 amide bonds. The molecule has 9 heteroatoms. The molecule has 132 valence electrons. The smallest absolute Gasteiger partial charge is 0.324 e. The summed E-state index contributed by atoms with van der Waals surface area (Å²) in [5.41, 5.74) is 2.14. The first-order valence-corrected chi connectivity index (χ1v) is 7.98. The molecule has 1 unspecified atom stereocenters. The number of halogens is 4. The van der Waals surface area contributed by atoms with E-state index < -0.39 is 18.0 Å². The minimum Gasteiger partial charge on any atom is -0.324 e. The number of fused-ring (bicyclic) bond motifs is 1. The van der Waals surface area contributed by atoms with Crippen LogP contribution in [-0.2, 0) is 6.18 Å². The summed E-state index contributed by atoms with van der Waals surface area (Å²) in [6, 6.07) is 9.81. The van der Waals surface area contributed by atoms with E-state index in [-0.39, 0.29) is 5.95 Å². The Morgan fingerprint density at radius 1 is 1.04 bits per heavy atom. The molecule has 4 rings (SSSR count). The normalized spacial score (nSPS) is 16.6. The Morgan fingerprint density at radius 3 is 2.38 bits per heavy atom. The highest BCUT2D eigenvalue weighted by Crippen LogP contribution is 2.35. The van der Waals surface area contributed by atoms with Crippen LogP contribution < -0.4 is 5.32 Å². The maximum atomic E-state index is 13.1. The minimum atomic E-state index is -4.63. The van der Waals surface area contributed by atoms with Crippen LogP contribution in [0.3, 0.4) is 0 Å². The van der Waals surface area contributed by atoms with Crippen molar-refractivity contribution in [2.24, 2.45) is 0 Å². The summed E-state index contributed by atoms with van der Waals surface area (Å²) in [5.74, 6) is -1.17. The molecule has 26 heavy (non-hydrogen) atoms. The molecule has 3 aromatic rings. The van der Waals surface area contributed by atoms with Crippen molar-refractivity contribution < 1.29 is 13.2 Å². The molecule has 3 heterocycles. The van der Waals surface area contributed by atoms with E-state index >= 15 is 0 Å². The molecule has 0 spiro atoms. The zero-order valence-electron chi connectivity index (χ0n) is 13.1. The second kappa shape index (κ2) is 6.14. The first-order chi connectivity index (χ1) is 12.4. The van der Waals surface area contributed by atoms with Gasteiger partial charge in [0, 0.05) is 28.7 Å². The third-order valence-corrected chi connectivity index (χ3v) is 4.17. The highest BCUT2D eigenvalue weighted by atomic mass is 35.5. The fraction of sp³-hybridized carbons (Fsp3) is 0.118. The molecule has 0 fully saturated rings. The first kappa shape index (κ1) is 16.6. The predicted octanol–water partition coefficient (Wildman–Crippen LogP) is 4.40. The van der Waals surface area contributed by atoms with Gasteiger partial charge in [-0.2, -0.15) is 18.2 Å². The molecule has 0 saturated heterocycles. The molecule has 0 aliphatic carbocycles. The van der Waals surface area contributed by atoms with Crippen LogP contribution in [-0.4, -0.2) is 19.7 Å². The number of benzene rings is 1. The average molecular weight is 378 g/mol. The Balaban J connectivity index is 1.84. The number of rotatable bonds is 2. The molecule has 0 bridgehead atoms. The summed E-state index contributed by atoms with van der Waals surface area (Å²) >= 11 is 5.92. The van der Waals surface area contributed by atoms with E-state index in [0.29, 0.717) is 10.7 Å². The lowest BCUT2D eigenvalue weighted by molar-refractivity contribution is -0.145. The van der Waals surface area contributed by atoms with Gasteiger partial charge in [0.25, 0.3) is 5.82 Å². The molecule has 0 saturated carbocycles. The minimum absolute atomic E-state index is 0.0200. The topological polar surface area (TPSA) is 55.6 Å². The number of pyridine rings is 1. The fourth-order valence-corrected chi connectivity index (χ4v) is 2.84. The number of nitrogens with zero attached hydrogens (tertiary/aromatic N) is 4. The van der Waals surface area contributed by atoms with E-state index in [2.05, 4.69) is 20.4 Å². The van der Waals surface area contributed by atoms with E-state index in [0.717, 1.165) is 11.1 Å². The van der Waals surface area contributed by atoms with E-state index in [4.69, 9.17) is 11.6 Å². The number of hydrogen-bond donors (Lipinski definition) is 1. The van der Waals surface area contributed by atoms with Gasteiger partial charge in [-0.25, -0.2) is 4.68 Å². The molecule has 1 aliphatic heterocycles. The van der Waals surface area contributed by atoms with Gasteiger partial charge in [-0.3, -0.25) is 4.98 Å². The number of nitrogens with one attached hydrogen (secondary N) is 1. The van der Waals surface area contributed by atoms with Gasteiger partial charge in [-0.15, -0.1) is 5.10 Å². The Kier molecular flexibility index (Phi) is 3.91. The number of anilines is 1. The summed E-state index contributed by atoms with van der Waals surface area (Å²) < 4.78 is 40.4. The van der Waals surface area contributed by atoms with Gasteiger partial charge in [-0.1, -0.05) is 23.7 Å².